The van der Waals surface area contributed by atoms with Crippen LogP contribution in [0.5, 0.6) is 5.75 Å². The molecular formula is C18H15BrN2O4. The van der Waals surface area contributed by atoms with E-state index in [1.165, 1.54) is 14.0 Å². The molecule has 0 aliphatic rings. The first-order valence-corrected chi connectivity index (χ1v) is 8.21. The van der Waals surface area contributed by atoms with Crippen LogP contribution in [0.1, 0.15) is 17.5 Å². The maximum Gasteiger partial charge on any atom is 0.291 e. The second-order valence-electron chi connectivity index (χ2n) is 5.34. The van der Waals surface area contributed by atoms with E-state index in [1.54, 1.807) is 30.3 Å². The van der Waals surface area contributed by atoms with Crippen LogP contribution in [0.2, 0.25) is 0 Å². The third-order valence-electron chi connectivity index (χ3n) is 3.47. The highest BCUT2D eigenvalue weighted by Gasteiger charge is 2.15. The van der Waals surface area contributed by atoms with Gasteiger partial charge in [0.05, 0.1) is 12.8 Å². The van der Waals surface area contributed by atoms with Gasteiger partial charge in [-0.15, -0.1) is 0 Å². The molecule has 0 spiro atoms. The fraction of sp³-hybridized carbons (Fsp3) is 0.111. The van der Waals surface area contributed by atoms with E-state index in [1.807, 2.05) is 12.1 Å². The highest BCUT2D eigenvalue weighted by Crippen LogP contribution is 2.29. The van der Waals surface area contributed by atoms with E-state index in [4.69, 9.17) is 9.15 Å². The Bertz CT molecular complexity index is 965. The van der Waals surface area contributed by atoms with Gasteiger partial charge in [-0.3, -0.25) is 9.59 Å². The third-order valence-corrected chi connectivity index (χ3v) is 3.96. The van der Waals surface area contributed by atoms with E-state index in [0.29, 0.717) is 22.7 Å². The van der Waals surface area contributed by atoms with Gasteiger partial charge >= 0.3 is 0 Å². The molecule has 7 heteroatoms. The Morgan fingerprint density at radius 3 is 2.60 bits per heavy atom. The summed E-state index contributed by atoms with van der Waals surface area (Å²) in [5, 5.41) is 6.23. The van der Waals surface area contributed by atoms with Crippen molar-refractivity contribution < 1.29 is 18.7 Å². The topological polar surface area (TPSA) is 80.6 Å². The molecule has 2 amide bonds. The molecule has 25 heavy (non-hydrogen) atoms. The molecule has 0 atom stereocenters. The maximum atomic E-state index is 12.5. The number of methoxy groups -OCH3 is 1. The van der Waals surface area contributed by atoms with Gasteiger partial charge in [0.2, 0.25) is 5.91 Å². The monoisotopic (exact) mass is 402 g/mol. The summed E-state index contributed by atoms with van der Waals surface area (Å²) in [4.78, 5) is 23.7. The summed E-state index contributed by atoms with van der Waals surface area (Å²) in [6.45, 7) is 1.41. The van der Waals surface area contributed by atoms with Crippen LogP contribution in [0.3, 0.4) is 0 Å². The second-order valence-corrected chi connectivity index (χ2v) is 6.26. The second kappa shape index (κ2) is 6.98. The number of fused-ring (bicyclic) bond motifs is 1. The number of hydrogen-bond donors (Lipinski definition) is 2. The van der Waals surface area contributed by atoms with Crippen LogP contribution >= 0.6 is 15.9 Å². The summed E-state index contributed by atoms with van der Waals surface area (Å²) in [5.74, 6) is 0.0392. The maximum absolute atomic E-state index is 12.5. The highest BCUT2D eigenvalue weighted by atomic mass is 79.9. The zero-order valence-corrected chi connectivity index (χ0v) is 15.1. The lowest BCUT2D eigenvalue weighted by Crippen LogP contribution is -2.12. The van der Waals surface area contributed by atoms with Crippen molar-refractivity contribution in [2.45, 2.75) is 6.92 Å². The van der Waals surface area contributed by atoms with Crippen LogP contribution < -0.4 is 15.4 Å². The molecule has 1 aromatic heterocycles. The minimum atomic E-state index is -0.411. The number of hydrogen-bond acceptors (Lipinski definition) is 4. The molecule has 3 rings (SSSR count). The molecule has 2 aromatic carbocycles. The van der Waals surface area contributed by atoms with E-state index < -0.39 is 5.91 Å². The highest BCUT2D eigenvalue weighted by molar-refractivity contribution is 9.10. The Morgan fingerprint density at radius 2 is 1.88 bits per heavy atom. The quantitative estimate of drug-likeness (QED) is 0.676. The van der Waals surface area contributed by atoms with Crippen LogP contribution in [-0.4, -0.2) is 18.9 Å². The molecule has 0 saturated heterocycles. The lowest BCUT2D eigenvalue weighted by Gasteiger charge is -2.11. The van der Waals surface area contributed by atoms with Crippen molar-refractivity contribution in [1.82, 2.24) is 0 Å². The fourth-order valence-electron chi connectivity index (χ4n) is 2.40. The Hall–Kier alpha value is -2.80. The van der Waals surface area contributed by atoms with E-state index >= 15 is 0 Å². The van der Waals surface area contributed by atoms with Gasteiger partial charge < -0.3 is 19.8 Å². The van der Waals surface area contributed by atoms with Crippen LogP contribution in [0.25, 0.3) is 11.0 Å². The third kappa shape index (κ3) is 3.83. The molecule has 0 unspecified atom stereocenters. The molecule has 6 nitrogen and oxygen atoms in total. The number of carbonyl (C=O) groups is 2. The average molecular weight is 403 g/mol. The predicted molar refractivity (Wildman–Crippen MR) is 99.2 cm³/mol. The van der Waals surface area contributed by atoms with Gasteiger partial charge in [-0.2, -0.15) is 0 Å². The first-order valence-electron chi connectivity index (χ1n) is 7.42. The summed E-state index contributed by atoms with van der Waals surface area (Å²) in [6, 6.07) is 12.1. The summed E-state index contributed by atoms with van der Waals surface area (Å²) >= 11 is 3.39. The summed E-state index contributed by atoms with van der Waals surface area (Å²) in [5.41, 5.74) is 1.60. The van der Waals surface area contributed by atoms with Gasteiger partial charge in [-0.1, -0.05) is 15.9 Å². The minimum Gasteiger partial charge on any atom is -0.495 e. The van der Waals surface area contributed by atoms with Crippen LogP contribution in [-0.2, 0) is 4.79 Å². The van der Waals surface area contributed by atoms with Gasteiger partial charge in [0.15, 0.2) is 5.76 Å². The van der Waals surface area contributed by atoms with E-state index in [0.717, 1.165) is 9.86 Å². The first-order chi connectivity index (χ1) is 12.0. The Kier molecular flexibility index (Phi) is 4.76. The van der Waals surface area contributed by atoms with Crippen molar-refractivity contribution >= 4 is 50.1 Å². The number of furan rings is 1. The first kappa shape index (κ1) is 17.0. The summed E-state index contributed by atoms with van der Waals surface area (Å²) < 4.78 is 11.7. The smallest absolute Gasteiger partial charge is 0.291 e. The van der Waals surface area contributed by atoms with Gasteiger partial charge in [0, 0.05) is 22.5 Å². The van der Waals surface area contributed by atoms with E-state index in [-0.39, 0.29) is 11.7 Å². The van der Waals surface area contributed by atoms with Gasteiger partial charge in [-0.25, -0.2) is 0 Å². The SMILES string of the molecule is COc1ccc(NC(C)=O)cc1NC(=O)c1cc2cc(Br)ccc2o1. The molecule has 0 aliphatic carbocycles. The van der Waals surface area contributed by atoms with Crippen molar-refractivity contribution in [3.05, 3.63) is 52.7 Å². The molecule has 0 radical (unpaired) electrons. The van der Waals surface area contributed by atoms with E-state index in [9.17, 15) is 9.59 Å². The van der Waals surface area contributed by atoms with E-state index in [2.05, 4.69) is 26.6 Å². The predicted octanol–water partition coefficient (Wildman–Crippen LogP) is 4.41. The Morgan fingerprint density at radius 1 is 1.08 bits per heavy atom. The van der Waals surface area contributed by atoms with Gasteiger partial charge in [0.1, 0.15) is 11.3 Å². The minimum absolute atomic E-state index is 0.181. The molecular weight excluding hydrogens is 388 g/mol. The number of ether oxygens (including phenoxy) is 1. The molecule has 128 valence electrons. The summed E-state index contributed by atoms with van der Waals surface area (Å²) in [6.07, 6.45) is 0. The van der Waals surface area contributed by atoms with Crippen molar-refractivity contribution in [2.75, 3.05) is 17.7 Å². The average Bonchev–Trinajstić information content (AvgIpc) is 2.98. The normalized spacial score (nSPS) is 10.5. The molecule has 0 bridgehead atoms. The largest absolute Gasteiger partial charge is 0.495 e. The standard InChI is InChI=1S/C18H15BrN2O4/c1-10(22)20-13-4-6-16(24-2)14(9-13)21-18(23)17-8-11-7-12(19)3-5-15(11)25-17/h3-9H,1-2H3,(H,20,22)(H,21,23). The zero-order chi connectivity index (χ0) is 18.0. The molecule has 3 aromatic rings. The van der Waals surface area contributed by atoms with Crippen molar-refractivity contribution in [3.8, 4) is 5.75 Å². The molecule has 0 aliphatic heterocycles. The van der Waals surface area contributed by atoms with Gasteiger partial charge in [-0.05, 0) is 42.5 Å². The molecule has 0 fully saturated rings. The molecule has 1 heterocycles. The van der Waals surface area contributed by atoms with Crippen LogP contribution in [0.4, 0.5) is 11.4 Å². The number of amides is 2. The van der Waals surface area contributed by atoms with Crippen LogP contribution in [0, 0.1) is 0 Å². The number of anilines is 2. The van der Waals surface area contributed by atoms with Crippen molar-refractivity contribution in [3.63, 3.8) is 0 Å². The Balaban J connectivity index is 1.89. The molecule has 2 N–H and O–H groups in total. The molecule has 0 saturated carbocycles. The van der Waals surface area contributed by atoms with Crippen molar-refractivity contribution in [1.29, 1.82) is 0 Å². The number of benzene rings is 2. The number of nitrogens with one attached hydrogen (secondary N) is 2. The van der Waals surface area contributed by atoms with Crippen molar-refractivity contribution in [2.24, 2.45) is 0 Å². The van der Waals surface area contributed by atoms with Crippen LogP contribution in [0.15, 0.2) is 51.4 Å². The van der Waals surface area contributed by atoms with Gasteiger partial charge in [0.25, 0.3) is 5.91 Å². The fourth-order valence-corrected chi connectivity index (χ4v) is 2.78. The number of carbonyl (C=O) groups excluding carboxylic acids is 2. The lowest BCUT2D eigenvalue weighted by molar-refractivity contribution is -0.114. The number of rotatable bonds is 4. The number of halogens is 1. The zero-order valence-electron chi connectivity index (χ0n) is 13.6. The lowest BCUT2D eigenvalue weighted by atomic mass is 10.2. The Labute approximate surface area is 152 Å². The summed E-state index contributed by atoms with van der Waals surface area (Å²) in [7, 11) is 1.50.